The van der Waals surface area contributed by atoms with E-state index in [9.17, 15) is 13.2 Å². The molecular formula is C8H15NO4S. The summed E-state index contributed by atoms with van der Waals surface area (Å²) in [4.78, 5) is 10.3. The van der Waals surface area contributed by atoms with Crippen LogP contribution in [-0.2, 0) is 14.6 Å². The van der Waals surface area contributed by atoms with Crippen molar-refractivity contribution in [2.24, 2.45) is 5.73 Å². The molecule has 0 aromatic heterocycles. The summed E-state index contributed by atoms with van der Waals surface area (Å²) in [5, 5.41) is 6.78. The molecule has 1 fully saturated rings. The smallest absolute Gasteiger partial charge is 0.305 e. The molecule has 0 aliphatic heterocycles. The first-order valence-electron chi connectivity index (χ1n) is 4.64. The first-order chi connectivity index (χ1) is 6.44. The van der Waals surface area contributed by atoms with E-state index < -0.39 is 32.9 Å². The quantitative estimate of drug-likeness (QED) is 0.701. The number of nitrogens with two attached hydrogens (primary N) is 1. The number of carboxylic acids is 1. The largest absolute Gasteiger partial charge is 0.481 e. The number of carbonyl (C=O) groups is 1. The average molecular weight is 221 g/mol. The molecule has 14 heavy (non-hydrogen) atoms. The van der Waals surface area contributed by atoms with Gasteiger partial charge >= 0.3 is 5.97 Å². The van der Waals surface area contributed by atoms with Crippen molar-refractivity contribution in [2.75, 3.05) is 0 Å². The third-order valence-corrected chi connectivity index (χ3v) is 4.98. The molecule has 0 aromatic carbocycles. The van der Waals surface area contributed by atoms with Crippen LogP contribution in [0.4, 0.5) is 0 Å². The van der Waals surface area contributed by atoms with Crippen molar-refractivity contribution in [2.45, 2.75) is 42.7 Å². The van der Waals surface area contributed by atoms with E-state index in [1.165, 1.54) is 0 Å². The van der Waals surface area contributed by atoms with Crippen LogP contribution < -0.4 is 5.73 Å². The van der Waals surface area contributed by atoms with Gasteiger partial charge in [0.05, 0.1) is 11.7 Å². The van der Waals surface area contributed by atoms with Crippen molar-refractivity contribution < 1.29 is 18.3 Å². The maximum absolute atomic E-state index is 11.7. The summed E-state index contributed by atoms with van der Waals surface area (Å²) in [5.74, 6) is -1.17. The summed E-state index contributed by atoms with van der Waals surface area (Å²) in [6, 6.07) is 0. The van der Waals surface area contributed by atoms with E-state index in [4.69, 9.17) is 10.8 Å². The zero-order chi connectivity index (χ0) is 10.8. The number of aliphatic carboxylic acids is 1. The number of rotatable bonds is 4. The van der Waals surface area contributed by atoms with E-state index in [1.807, 2.05) is 0 Å². The Labute approximate surface area is 83.2 Å². The minimum Gasteiger partial charge on any atom is -0.481 e. The minimum absolute atomic E-state index is 0.420. The molecule has 1 saturated carbocycles. The van der Waals surface area contributed by atoms with Crippen LogP contribution in [0.3, 0.4) is 0 Å². The van der Waals surface area contributed by atoms with E-state index in [-0.39, 0.29) is 0 Å². The lowest BCUT2D eigenvalue weighted by Gasteiger charge is -2.15. The molecule has 1 unspecified atom stereocenters. The zero-order valence-electron chi connectivity index (χ0n) is 7.85. The van der Waals surface area contributed by atoms with Gasteiger partial charge in [0.15, 0.2) is 9.84 Å². The Morgan fingerprint density at radius 1 is 1.43 bits per heavy atom. The molecule has 82 valence electrons. The molecule has 6 heteroatoms. The lowest BCUT2D eigenvalue weighted by atomic mass is 10.4. The van der Waals surface area contributed by atoms with E-state index >= 15 is 0 Å². The maximum atomic E-state index is 11.7. The number of carboxylic acid groups (broad SMARTS) is 1. The lowest BCUT2D eigenvalue weighted by Crippen LogP contribution is -2.38. The van der Waals surface area contributed by atoms with Gasteiger partial charge in [-0.2, -0.15) is 0 Å². The van der Waals surface area contributed by atoms with E-state index in [2.05, 4.69) is 0 Å². The third-order valence-electron chi connectivity index (χ3n) is 2.56. The highest BCUT2D eigenvalue weighted by Crippen LogP contribution is 2.26. The fourth-order valence-electron chi connectivity index (χ4n) is 1.75. The molecule has 0 heterocycles. The Morgan fingerprint density at radius 3 is 2.36 bits per heavy atom. The average Bonchev–Trinajstić information content (AvgIpc) is 2.54. The normalized spacial score (nSPS) is 20.9. The molecule has 0 bridgehead atoms. The molecule has 3 N–H and O–H groups in total. The van der Waals surface area contributed by atoms with Crippen LogP contribution in [0, 0.1) is 0 Å². The van der Waals surface area contributed by atoms with Crippen molar-refractivity contribution in [1.82, 2.24) is 0 Å². The molecular weight excluding hydrogens is 206 g/mol. The Bertz CT molecular complexity index is 305. The van der Waals surface area contributed by atoms with E-state index in [0.29, 0.717) is 12.8 Å². The van der Waals surface area contributed by atoms with E-state index in [1.54, 1.807) is 0 Å². The Morgan fingerprint density at radius 2 is 1.93 bits per heavy atom. The molecule has 1 aliphatic carbocycles. The summed E-state index contributed by atoms with van der Waals surface area (Å²) >= 11 is 0. The number of hydrogen-bond acceptors (Lipinski definition) is 4. The van der Waals surface area contributed by atoms with Gasteiger partial charge in [0, 0.05) is 0 Å². The van der Waals surface area contributed by atoms with E-state index in [0.717, 1.165) is 12.8 Å². The van der Waals surface area contributed by atoms with Crippen molar-refractivity contribution in [3.05, 3.63) is 0 Å². The molecule has 0 amide bonds. The highest BCUT2D eigenvalue weighted by molar-refractivity contribution is 7.92. The predicted molar refractivity (Wildman–Crippen MR) is 51.4 cm³/mol. The number of sulfone groups is 1. The molecule has 5 nitrogen and oxygen atoms in total. The summed E-state index contributed by atoms with van der Waals surface area (Å²) in [6.45, 7) is 0. The highest BCUT2D eigenvalue weighted by Gasteiger charge is 2.34. The minimum atomic E-state index is -3.44. The summed E-state index contributed by atoms with van der Waals surface area (Å²) < 4.78 is 23.4. The van der Waals surface area contributed by atoms with Gasteiger partial charge in [0.25, 0.3) is 0 Å². The fourth-order valence-corrected chi connectivity index (χ4v) is 3.61. The van der Waals surface area contributed by atoms with Crippen LogP contribution in [0.1, 0.15) is 32.1 Å². The van der Waals surface area contributed by atoms with Gasteiger partial charge in [-0.15, -0.1) is 0 Å². The Hall–Kier alpha value is -0.620. The second kappa shape index (κ2) is 4.27. The number of hydrogen-bond donors (Lipinski definition) is 2. The fraction of sp³-hybridized carbons (Fsp3) is 0.875. The van der Waals surface area contributed by atoms with Gasteiger partial charge in [-0.3, -0.25) is 4.79 Å². The molecule has 0 radical (unpaired) electrons. The summed E-state index contributed by atoms with van der Waals surface area (Å²) in [5.41, 5.74) is 5.36. The Kier molecular flexibility index (Phi) is 3.49. The van der Waals surface area contributed by atoms with Crippen molar-refractivity contribution in [3.8, 4) is 0 Å². The van der Waals surface area contributed by atoms with Gasteiger partial charge in [-0.1, -0.05) is 12.8 Å². The van der Waals surface area contributed by atoms with Crippen molar-refractivity contribution in [3.63, 3.8) is 0 Å². The third kappa shape index (κ3) is 2.45. The second-order valence-electron chi connectivity index (χ2n) is 3.63. The van der Waals surface area contributed by atoms with Gasteiger partial charge in [-0.25, -0.2) is 8.42 Å². The van der Waals surface area contributed by atoms with Crippen LogP contribution in [0.5, 0.6) is 0 Å². The summed E-state index contributed by atoms with van der Waals surface area (Å²) in [7, 11) is -3.44. The van der Waals surface area contributed by atoms with Crippen LogP contribution in [-0.4, -0.2) is 30.1 Å². The van der Waals surface area contributed by atoms with Gasteiger partial charge in [-0.05, 0) is 12.8 Å². The summed E-state index contributed by atoms with van der Waals surface area (Å²) in [6.07, 6.45) is 2.53. The van der Waals surface area contributed by atoms with Crippen LogP contribution >= 0.6 is 0 Å². The topological polar surface area (TPSA) is 97.5 Å². The first kappa shape index (κ1) is 11.5. The van der Waals surface area contributed by atoms with Crippen LogP contribution in [0.25, 0.3) is 0 Å². The SMILES string of the molecule is NC(CC(=O)O)S(=O)(=O)C1CCCC1. The standard InChI is InChI=1S/C8H15NO4S/c9-7(5-8(10)11)14(12,13)6-3-1-2-4-6/h6-7H,1-5,9H2,(H,10,11). The highest BCUT2D eigenvalue weighted by atomic mass is 32.2. The first-order valence-corrected chi connectivity index (χ1v) is 6.25. The van der Waals surface area contributed by atoms with Gasteiger partial charge in [0.2, 0.25) is 0 Å². The van der Waals surface area contributed by atoms with Crippen molar-refractivity contribution >= 4 is 15.8 Å². The maximum Gasteiger partial charge on any atom is 0.305 e. The van der Waals surface area contributed by atoms with Gasteiger partial charge in [0.1, 0.15) is 5.37 Å². The molecule has 1 aliphatic rings. The van der Waals surface area contributed by atoms with Crippen molar-refractivity contribution in [1.29, 1.82) is 0 Å². The molecule has 0 aromatic rings. The zero-order valence-corrected chi connectivity index (χ0v) is 8.66. The monoisotopic (exact) mass is 221 g/mol. The molecule has 1 atom stereocenters. The molecule has 0 spiro atoms. The lowest BCUT2D eigenvalue weighted by molar-refractivity contribution is -0.137. The Balaban J connectivity index is 2.68. The molecule has 1 rings (SSSR count). The van der Waals surface area contributed by atoms with Gasteiger partial charge < -0.3 is 10.8 Å². The molecule has 0 saturated heterocycles. The second-order valence-corrected chi connectivity index (χ2v) is 6.08. The van der Waals surface area contributed by atoms with Crippen LogP contribution in [0.15, 0.2) is 0 Å². The predicted octanol–water partition coefficient (Wildman–Crippen LogP) is 0.103. The van der Waals surface area contributed by atoms with Crippen LogP contribution in [0.2, 0.25) is 0 Å².